The first-order valence-electron chi connectivity index (χ1n) is 6.03. The first kappa shape index (κ1) is 13.9. The number of rotatable bonds is 10. The first-order valence-corrected chi connectivity index (χ1v) is 6.03. The van der Waals surface area contributed by atoms with E-state index < -0.39 is 0 Å². The normalized spacial score (nSPS) is 13.1. The Balaban J connectivity index is 2.98. The summed E-state index contributed by atoms with van der Waals surface area (Å²) in [5.74, 6) is 0.734. The van der Waals surface area contributed by atoms with Crippen molar-refractivity contribution in [3.8, 4) is 0 Å². The molecule has 0 aliphatic carbocycles. The van der Waals surface area contributed by atoms with E-state index in [0.717, 1.165) is 25.7 Å². The van der Waals surface area contributed by atoms with Gasteiger partial charge in [-0.1, -0.05) is 20.3 Å². The number of ether oxygens (including phenoxy) is 1. The quantitative estimate of drug-likeness (QED) is 0.549. The molecule has 1 atom stereocenters. The Morgan fingerprint density at radius 3 is 2.64 bits per heavy atom. The van der Waals surface area contributed by atoms with Crippen molar-refractivity contribution in [3.05, 3.63) is 0 Å². The summed E-state index contributed by atoms with van der Waals surface area (Å²) in [6, 6.07) is 0. The zero-order valence-corrected chi connectivity index (χ0v) is 10.1. The summed E-state index contributed by atoms with van der Waals surface area (Å²) >= 11 is 0. The summed E-state index contributed by atoms with van der Waals surface area (Å²) in [5, 5.41) is 3.15. The van der Waals surface area contributed by atoms with Crippen molar-refractivity contribution in [1.29, 1.82) is 0 Å². The molecule has 86 valence electrons. The van der Waals surface area contributed by atoms with Gasteiger partial charge in [-0.2, -0.15) is 0 Å². The molecule has 0 bridgehead atoms. The SMILES string of the molecule is CCCC(C)COCCCCCNC. The number of hydrogen-bond donors (Lipinski definition) is 1. The summed E-state index contributed by atoms with van der Waals surface area (Å²) in [6.45, 7) is 7.52. The van der Waals surface area contributed by atoms with Crippen molar-refractivity contribution < 1.29 is 4.74 Å². The van der Waals surface area contributed by atoms with Crippen LogP contribution in [-0.4, -0.2) is 26.8 Å². The predicted molar refractivity (Wildman–Crippen MR) is 62.7 cm³/mol. The minimum absolute atomic E-state index is 0.734. The van der Waals surface area contributed by atoms with Gasteiger partial charge in [0.05, 0.1) is 0 Å². The second-order valence-corrected chi connectivity index (χ2v) is 4.13. The van der Waals surface area contributed by atoms with Gasteiger partial charge in [-0.05, 0) is 45.2 Å². The molecule has 0 aromatic heterocycles. The van der Waals surface area contributed by atoms with E-state index in [9.17, 15) is 0 Å². The molecule has 0 aliphatic heterocycles. The molecule has 2 nitrogen and oxygen atoms in total. The Kier molecular flexibility index (Phi) is 10.9. The molecule has 2 heteroatoms. The topological polar surface area (TPSA) is 21.3 Å². The highest BCUT2D eigenvalue weighted by Gasteiger charge is 1.99. The van der Waals surface area contributed by atoms with Crippen molar-refractivity contribution in [2.24, 2.45) is 5.92 Å². The maximum atomic E-state index is 5.61. The van der Waals surface area contributed by atoms with E-state index in [0.29, 0.717) is 0 Å². The van der Waals surface area contributed by atoms with Crippen molar-refractivity contribution in [3.63, 3.8) is 0 Å². The maximum Gasteiger partial charge on any atom is 0.0491 e. The van der Waals surface area contributed by atoms with Crippen LogP contribution >= 0.6 is 0 Å². The van der Waals surface area contributed by atoms with E-state index >= 15 is 0 Å². The van der Waals surface area contributed by atoms with Crippen LogP contribution in [0.2, 0.25) is 0 Å². The summed E-state index contributed by atoms with van der Waals surface area (Å²) in [7, 11) is 2.00. The van der Waals surface area contributed by atoms with Crippen LogP contribution < -0.4 is 5.32 Å². The van der Waals surface area contributed by atoms with Crippen LogP contribution in [0.4, 0.5) is 0 Å². The molecular weight excluding hydrogens is 174 g/mol. The minimum atomic E-state index is 0.734. The highest BCUT2D eigenvalue weighted by Crippen LogP contribution is 2.05. The number of nitrogens with one attached hydrogen (secondary N) is 1. The van der Waals surface area contributed by atoms with E-state index in [1.807, 2.05) is 7.05 Å². The van der Waals surface area contributed by atoms with Crippen molar-refractivity contribution in [2.75, 3.05) is 26.8 Å². The van der Waals surface area contributed by atoms with Crippen LogP contribution in [0.15, 0.2) is 0 Å². The van der Waals surface area contributed by atoms with Crippen LogP contribution in [0.1, 0.15) is 46.0 Å². The van der Waals surface area contributed by atoms with Crippen molar-refractivity contribution in [2.45, 2.75) is 46.0 Å². The van der Waals surface area contributed by atoms with Gasteiger partial charge in [-0.3, -0.25) is 0 Å². The van der Waals surface area contributed by atoms with E-state index in [1.165, 1.54) is 32.1 Å². The zero-order valence-electron chi connectivity index (χ0n) is 10.1. The molecule has 0 saturated heterocycles. The maximum absolute atomic E-state index is 5.61. The van der Waals surface area contributed by atoms with E-state index in [1.54, 1.807) is 0 Å². The molecule has 0 heterocycles. The van der Waals surface area contributed by atoms with Crippen LogP contribution in [0, 0.1) is 5.92 Å². The van der Waals surface area contributed by atoms with Gasteiger partial charge in [0.15, 0.2) is 0 Å². The van der Waals surface area contributed by atoms with E-state index in [2.05, 4.69) is 19.2 Å². The van der Waals surface area contributed by atoms with Crippen LogP contribution in [0.3, 0.4) is 0 Å². The lowest BCUT2D eigenvalue weighted by Gasteiger charge is -2.10. The molecule has 1 unspecified atom stereocenters. The van der Waals surface area contributed by atoms with Crippen LogP contribution in [0.25, 0.3) is 0 Å². The van der Waals surface area contributed by atoms with Gasteiger partial charge in [0.1, 0.15) is 0 Å². The summed E-state index contributed by atoms with van der Waals surface area (Å²) < 4.78 is 5.61. The lowest BCUT2D eigenvalue weighted by Crippen LogP contribution is -2.09. The second-order valence-electron chi connectivity index (χ2n) is 4.13. The standard InChI is InChI=1S/C12H27NO/c1-4-8-12(2)11-14-10-7-5-6-9-13-3/h12-13H,4-11H2,1-3H3. The Morgan fingerprint density at radius 2 is 2.00 bits per heavy atom. The third kappa shape index (κ3) is 10.0. The van der Waals surface area contributed by atoms with Gasteiger partial charge in [-0.15, -0.1) is 0 Å². The highest BCUT2D eigenvalue weighted by atomic mass is 16.5. The monoisotopic (exact) mass is 201 g/mol. The molecule has 0 saturated carbocycles. The highest BCUT2D eigenvalue weighted by molar-refractivity contribution is 4.50. The summed E-state index contributed by atoms with van der Waals surface area (Å²) in [5.41, 5.74) is 0. The van der Waals surface area contributed by atoms with Gasteiger partial charge in [0.2, 0.25) is 0 Å². The van der Waals surface area contributed by atoms with E-state index in [4.69, 9.17) is 4.74 Å². The first-order chi connectivity index (χ1) is 6.81. The average Bonchev–Trinajstić information content (AvgIpc) is 2.17. The summed E-state index contributed by atoms with van der Waals surface area (Å²) in [4.78, 5) is 0. The Hall–Kier alpha value is -0.0800. The molecule has 0 aromatic rings. The molecule has 1 N–H and O–H groups in total. The van der Waals surface area contributed by atoms with Gasteiger partial charge < -0.3 is 10.1 Å². The Morgan fingerprint density at radius 1 is 1.21 bits per heavy atom. The largest absolute Gasteiger partial charge is 0.381 e. The predicted octanol–water partition coefficient (Wildman–Crippen LogP) is 2.83. The second kappa shape index (κ2) is 11.0. The fourth-order valence-electron chi connectivity index (χ4n) is 1.54. The number of unbranched alkanes of at least 4 members (excludes halogenated alkanes) is 2. The average molecular weight is 201 g/mol. The van der Waals surface area contributed by atoms with Gasteiger partial charge >= 0.3 is 0 Å². The molecular formula is C12H27NO. The molecule has 0 aromatic carbocycles. The molecule has 14 heavy (non-hydrogen) atoms. The van der Waals surface area contributed by atoms with Crippen molar-refractivity contribution in [1.82, 2.24) is 5.32 Å². The third-order valence-electron chi connectivity index (χ3n) is 2.40. The summed E-state index contributed by atoms with van der Waals surface area (Å²) in [6.07, 6.45) is 6.32. The third-order valence-corrected chi connectivity index (χ3v) is 2.40. The molecule has 0 aliphatic rings. The Bertz CT molecular complexity index is 106. The molecule has 0 rings (SSSR count). The smallest absolute Gasteiger partial charge is 0.0491 e. The fourth-order valence-corrected chi connectivity index (χ4v) is 1.54. The number of hydrogen-bond acceptors (Lipinski definition) is 2. The zero-order chi connectivity index (χ0) is 10.6. The van der Waals surface area contributed by atoms with Crippen LogP contribution in [-0.2, 0) is 4.74 Å². The van der Waals surface area contributed by atoms with Crippen molar-refractivity contribution >= 4 is 0 Å². The van der Waals surface area contributed by atoms with Gasteiger partial charge in [0, 0.05) is 13.2 Å². The Labute approximate surface area is 89.4 Å². The molecule has 0 fully saturated rings. The van der Waals surface area contributed by atoms with Crippen LogP contribution in [0.5, 0.6) is 0 Å². The molecule has 0 spiro atoms. The lowest BCUT2D eigenvalue weighted by molar-refractivity contribution is 0.0984. The van der Waals surface area contributed by atoms with E-state index in [-0.39, 0.29) is 0 Å². The van der Waals surface area contributed by atoms with Gasteiger partial charge in [-0.25, -0.2) is 0 Å². The fraction of sp³-hybridized carbons (Fsp3) is 1.00. The lowest BCUT2D eigenvalue weighted by atomic mass is 10.1. The van der Waals surface area contributed by atoms with Gasteiger partial charge in [0.25, 0.3) is 0 Å². The minimum Gasteiger partial charge on any atom is -0.381 e. The molecule has 0 radical (unpaired) electrons. The molecule has 0 amide bonds.